The summed E-state index contributed by atoms with van der Waals surface area (Å²) in [5.74, 6) is -1.29. The molecule has 0 fully saturated rings. The van der Waals surface area contributed by atoms with E-state index >= 15 is 0 Å². The lowest BCUT2D eigenvalue weighted by atomic mass is 10.2. The quantitative estimate of drug-likeness (QED) is 0.376. The largest absolute Gasteiger partial charge is 0.618 e. The van der Waals surface area contributed by atoms with E-state index in [9.17, 15) is 18.4 Å². The van der Waals surface area contributed by atoms with Crippen LogP contribution in [0.5, 0.6) is 0 Å². The van der Waals surface area contributed by atoms with E-state index in [0.717, 1.165) is 24.0 Å². The highest BCUT2D eigenvalue weighted by atomic mass is 19.4. The Balaban J connectivity index is 2.22. The number of hydrogen-bond donors (Lipinski definition) is 0. The summed E-state index contributed by atoms with van der Waals surface area (Å²) in [6.07, 6.45) is -3.60. The van der Waals surface area contributed by atoms with Crippen molar-refractivity contribution in [1.82, 2.24) is 0 Å². The summed E-state index contributed by atoms with van der Waals surface area (Å²) in [4.78, 5) is 1.87. The van der Waals surface area contributed by atoms with Crippen LogP contribution in [-0.4, -0.2) is 25.0 Å². The third kappa shape index (κ3) is 3.56. The molecule has 0 N–H and O–H groups in total. The Morgan fingerprint density at radius 2 is 1.71 bits per heavy atom. The topological polar surface area (TPSA) is 42.5 Å². The van der Waals surface area contributed by atoms with Gasteiger partial charge in [0.15, 0.2) is 5.76 Å². The van der Waals surface area contributed by atoms with Crippen LogP contribution >= 0.6 is 0 Å². The Morgan fingerprint density at radius 1 is 1.10 bits per heavy atom. The fourth-order valence-electron chi connectivity index (χ4n) is 1.66. The molecule has 1 aromatic carbocycles. The van der Waals surface area contributed by atoms with Crippen LogP contribution in [0.2, 0.25) is 0 Å². The van der Waals surface area contributed by atoms with Gasteiger partial charge in [-0.3, -0.25) is 0 Å². The number of nitrogens with zero attached hydrogens (tertiary/aromatic N) is 2. The molecule has 2 rings (SSSR count). The molecule has 4 nitrogen and oxygen atoms in total. The molecule has 1 heterocycles. The predicted molar refractivity (Wildman–Crippen MR) is 72.9 cm³/mol. The van der Waals surface area contributed by atoms with Crippen molar-refractivity contribution in [3.8, 4) is 0 Å². The van der Waals surface area contributed by atoms with Gasteiger partial charge >= 0.3 is 6.18 Å². The summed E-state index contributed by atoms with van der Waals surface area (Å²) in [5, 5.41) is 11.9. The Morgan fingerprint density at radius 3 is 2.19 bits per heavy atom. The Bertz CT molecular complexity index is 643. The van der Waals surface area contributed by atoms with E-state index in [4.69, 9.17) is 0 Å². The molecule has 0 saturated heterocycles. The fraction of sp³-hybridized carbons (Fsp3) is 0.214. The van der Waals surface area contributed by atoms with E-state index in [1.807, 2.05) is 19.0 Å². The van der Waals surface area contributed by atoms with E-state index in [2.05, 4.69) is 4.42 Å². The maximum absolute atomic E-state index is 12.4. The number of halogens is 3. The lowest BCUT2D eigenvalue weighted by Crippen LogP contribution is -2.08. The van der Waals surface area contributed by atoms with Crippen molar-refractivity contribution < 1.29 is 22.3 Å². The minimum atomic E-state index is -4.56. The standard InChI is InChI=1S/C14H13F3N2O2/c1-18(2)10-3-5-11(6-4-10)19(20)9-12-7-8-13(21-12)14(15,16)17/h3-9H,1-2H3. The second-order valence-corrected chi connectivity index (χ2v) is 4.57. The van der Waals surface area contributed by atoms with Gasteiger partial charge in [0.2, 0.25) is 17.7 Å². The molecule has 112 valence electrons. The van der Waals surface area contributed by atoms with Crippen molar-refractivity contribution in [2.24, 2.45) is 0 Å². The van der Waals surface area contributed by atoms with E-state index in [-0.39, 0.29) is 5.76 Å². The molecule has 0 spiro atoms. The highest BCUT2D eigenvalue weighted by Gasteiger charge is 2.34. The lowest BCUT2D eigenvalue weighted by molar-refractivity contribution is -0.354. The zero-order valence-electron chi connectivity index (χ0n) is 11.4. The van der Waals surface area contributed by atoms with Gasteiger partial charge < -0.3 is 14.5 Å². The molecule has 0 aliphatic rings. The number of anilines is 1. The first-order valence-electron chi connectivity index (χ1n) is 6.03. The molecule has 21 heavy (non-hydrogen) atoms. The second kappa shape index (κ2) is 5.51. The van der Waals surface area contributed by atoms with E-state index < -0.39 is 11.9 Å². The zero-order valence-corrected chi connectivity index (χ0v) is 11.4. The minimum Gasteiger partial charge on any atom is -0.618 e. The van der Waals surface area contributed by atoms with Crippen LogP contribution < -0.4 is 4.90 Å². The van der Waals surface area contributed by atoms with Gasteiger partial charge in [-0.25, -0.2) is 0 Å². The average Bonchev–Trinajstić information content (AvgIpc) is 2.87. The normalized spacial score (nSPS) is 12.5. The monoisotopic (exact) mass is 298 g/mol. The summed E-state index contributed by atoms with van der Waals surface area (Å²) in [6, 6.07) is 8.50. The molecule has 0 unspecified atom stereocenters. The van der Waals surface area contributed by atoms with Crippen LogP contribution in [0.3, 0.4) is 0 Å². The van der Waals surface area contributed by atoms with Crippen LogP contribution in [0.25, 0.3) is 0 Å². The molecule has 0 atom stereocenters. The van der Waals surface area contributed by atoms with Gasteiger partial charge in [-0.2, -0.15) is 17.9 Å². The van der Waals surface area contributed by atoms with E-state index in [1.165, 1.54) is 0 Å². The molecule has 0 radical (unpaired) electrons. The summed E-state index contributed by atoms with van der Waals surface area (Å²) in [7, 11) is 3.72. The first-order valence-corrected chi connectivity index (χ1v) is 6.03. The zero-order chi connectivity index (χ0) is 15.6. The van der Waals surface area contributed by atoms with Gasteiger partial charge in [0, 0.05) is 31.9 Å². The first-order chi connectivity index (χ1) is 9.77. The Labute approximate surface area is 119 Å². The number of rotatable bonds is 3. The van der Waals surface area contributed by atoms with Crippen molar-refractivity contribution in [2.45, 2.75) is 6.18 Å². The molecule has 2 aromatic rings. The van der Waals surface area contributed by atoms with Gasteiger partial charge in [-0.1, -0.05) is 0 Å². The SMILES string of the molecule is CN(C)c1ccc([N+]([O-])=Cc2ccc(C(F)(F)F)o2)cc1. The molecular weight excluding hydrogens is 285 g/mol. The first kappa shape index (κ1) is 15.0. The van der Waals surface area contributed by atoms with Crippen LogP contribution in [0.1, 0.15) is 11.5 Å². The lowest BCUT2D eigenvalue weighted by Gasteiger charge is -2.12. The molecule has 1 aromatic heterocycles. The Kier molecular flexibility index (Phi) is 3.93. The molecule has 0 amide bonds. The molecule has 0 saturated carbocycles. The average molecular weight is 298 g/mol. The smallest absolute Gasteiger partial charge is 0.449 e. The predicted octanol–water partition coefficient (Wildman–Crippen LogP) is 3.63. The van der Waals surface area contributed by atoms with Crippen molar-refractivity contribution in [3.05, 3.63) is 53.1 Å². The maximum atomic E-state index is 12.4. The molecule has 7 heteroatoms. The van der Waals surface area contributed by atoms with Gasteiger partial charge in [0.1, 0.15) is 0 Å². The minimum absolute atomic E-state index is 0.158. The second-order valence-electron chi connectivity index (χ2n) is 4.57. The third-order valence-electron chi connectivity index (χ3n) is 2.77. The van der Waals surface area contributed by atoms with Crippen LogP contribution in [0, 0.1) is 5.21 Å². The highest BCUT2D eigenvalue weighted by Crippen LogP contribution is 2.30. The molecule has 0 aliphatic heterocycles. The van der Waals surface area contributed by atoms with Gasteiger partial charge in [-0.05, 0) is 24.3 Å². The summed E-state index contributed by atoms with van der Waals surface area (Å²) in [6.45, 7) is 0. The van der Waals surface area contributed by atoms with Crippen molar-refractivity contribution >= 4 is 17.6 Å². The van der Waals surface area contributed by atoms with Gasteiger partial charge in [0.05, 0.1) is 0 Å². The van der Waals surface area contributed by atoms with Crippen molar-refractivity contribution in [2.75, 3.05) is 19.0 Å². The summed E-state index contributed by atoms with van der Waals surface area (Å²) < 4.78 is 42.2. The maximum Gasteiger partial charge on any atom is 0.449 e. The number of benzene rings is 1. The number of alkyl halides is 3. The van der Waals surface area contributed by atoms with Crippen molar-refractivity contribution in [3.63, 3.8) is 0 Å². The van der Waals surface area contributed by atoms with Crippen molar-refractivity contribution in [1.29, 1.82) is 0 Å². The summed E-state index contributed by atoms with van der Waals surface area (Å²) in [5.41, 5.74) is 1.20. The van der Waals surface area contributed by atoms with Crippen LogP contribution in [0.4, 0.5) is 24.5 Å². The fourth-order valence-corrected chi connectivity index (χ4v) is 1.66. The molecule has 0 bridgehead atoms. The van der Waals surface area contributed by atoms with Crippen LogP contribution in [0.15, 0.2) is 40.8 Å². The Hall–Kier alpha value is -2.44. The van der Waals surface area contributed by atoms with Gasteiger partial charge in [-0.15, -0.1) is 0 Å². The van der Waals surface area contributed by atoms with Crippen LogP contribution in [-0.2, 0) is 6.18 Å². The highest BCUT2D eigenvalue weighted by molar-refractivity contribution is 5.72. The van der Waals surface area contributed by atoms with E-state index in [1.54, 1.807) is 24.3 Å². The number of hydrogen-bond acceptors (Lipinski definition) is 3. The van der Waals surface area contributed by atoms with Gasteiger partial charge in [0.25, 0.3) is 0 Å². The van der Waals surface area contributed by atoms with E-state index in [0.29, 0.717) is 10.4 Å². The third-order valence-corrected chi connectivity index (χ3v) is 2.77. The number of furan rings is 1. The summed E-state index contributed by atoms with van der Waals surface area (Å²) >= 11 is 0. The molecule has 0 aliphatic carbocycles. The molecular formula is C14H13F3N2O2.